The Morgan fingerprint density at radius 1 is 1.28 bits per heavy atom. The van der Waals surface area contributed by atoms with Gasteiger partial charge in [-0.2, -0.15) is 0 Å². The molecule has 1 aromatic carbocycles. The van der Waals surface area contributed by atoms with Gasteiger partial charge in [-0.25, -0.2) is 4.68 Å². The van der Waals surface area contributed by atoms with E-state index in [1.807, 2.05) is 44.3 Å². The third-order valence-electron chi connectivity index (χ3n) is 5.05. The summed E-state index contributed by atoms with van der Waals surface area (Å²) >= 11 is 0. The number of carbonyl (C=O) groups excluding carboxylic acids is 1. The summed E-state index contributed by atoms with van der Waals surface area (Å²) in [5, 5.41) is 9.40. The standard InChI is InChI=1S/C19H21N5O/c1-13-18(19(25)23(2)12-14-6-3-7-14)21-22-24(13)17-10-4-9-16-15(17)8-5-11-20-16/h4-5,8-11,14H,3,6-7,12H2,1-2H3. The molecule has 6 heteroatoms. The topological polar surface area (TPSA) is 63.9 Å². The number of hydrogen-bond acceptors (Lipinski definition) is 4. The fourth-order valence-corrected chi connectivity index (χ4v) is 3.35. The molecule has 1 fully saturated rings. The number of aromatic nitrogens is 4. The van der Waals surface area contributed by atoms with E-state index >= 15 is 0 Å². The van der Waals surface area contributed by atoms with E-state index in [0.29, 0.717) is 11.6 Å². The first-order chi connectivity index (χ1) is 12.1. The van der Waals surface area contributed by atoms with E-state index in [4.69, 9.17) is 0 Å². The summed E-state index contributed by atoms with van der Waals surface area (Å²) in [7, 11) is 1.85. The summed E-state index contributed by atoms with van der Waals surface area (Å²) in [6.07, 6.45) is 5.47. The van der Waals surface area contributed by atoms with Crippen molar-refractivity contribution in [1.82, 2.24) is 24.9 Å². The minimum Gasteiger partial charge on any atom is -0.340 e. The van der Waals surface area contributed by atoms with Crippen molar-refractivity contribution < 1.29 is 4.79 Å². The van der Waals surface area contributed by atoms with Gasteiger partial charge in [-0.3, -0.25) is 9.78 Å². The molecule has 1 aliphatic rings. The van der Waals surface area contributed by atoms with E-state index < -0.39 is 0 Å². The van der Waals surface area contributed by atoms with Crippen LogP contribution in [0.15, 0.2) is 36.5 Å². The molecule has 2 aromatic heterocycles. The van der Waals surface area contributed by atoms with Crippen molar-refractivity contribution in [2.75, 3.05) is 13.6 Å². The minimum atomic E-state index is -0.0611. The molecular weight excluding hydrogens is 314 g/mol. The van der Waals surface area contributed by atoms with E-state index in [0.717, 1.165) is 28.8 Å². The van der Waals surface area contributed by atoms with Gasteiger partial charge in [0.2, 0.25) is 0 Å². The van der Waals surface area contributed by atoms with Crippen LogP contribution >= 0.6 is 0 Å². The number of carbonyl (C=O) groups is 1. The monoisotopic (exact) mass is 335 g/mol. The van der Waals surface area contributed by atoms with Gasteiger partial charge in [-0.1, -0.05) is 17.7 Å². The Labute approximate surface area is 146 Å². The predicted molar refractivity (Wildman–Crippen MR) is 95.7 cm³/mol. The normalized spacial score (nSPS) is 14.5. The number of hydrogen-bond donors (Lipinski definition) is 0. The first-order valence-electron chi connectivity index (χ1n) is 8.67. The number of rotatable bonds is 4. The third kappa shape index (κ3) is 2.77. The molecule has 0 atom stereocenters. The summed E-state index contributed by atoms with van der Waals surface area (Å²) in [5.74, 6) is 0.572. The molecule has 0 saturated heterocycles. The van der Waals surface area contributed by atoms with Gasteiger partial charge < -0.3 is 4.90 Å². The largest absolute Gasteiger partial charge is 0.340 e. The minimum absolute atomic E-state index is 0.0611. The van der Waals surface area contributed by atoms with Crippen molar-refractivity contribution in [3.05, 3.63) is 47.9 Å². The van der Waals surface area contributed by atoms with E-state index in [9.17, 15) is 4.79 Å². The Morgan fingerprint density at radius 3 is 2.88 bits per heavy atom. The number of pyridine rings is 1. The average molecular weight is 335 g/mol. The number of amides is 1. The molecule has 25 heavy (non-hydrogen) atoms. The molecule has 0 aliphatic heterocycles. The van der Waals surface area contributed by atoms with Crippen molar-refractivity contribution >= 4 is 16.8 Å². The zero-order valence-corrected chi connectivity index (χ0v) is 14.5. The lowest BCUT2D eigenvalue weighted by Crippen LogP contribution is -2.34. The smallest absolute Gasteiger partial charge is 0.276 e. The van der Waals surface area contributed by atoms with Crippen LogP contribution < -0.4 is 0 Å². The lowest BCUT2D eigenvalue weighted by molar-refractivity contribution is 0.0738. The molecule has 0 radical (unpaired) electrons. The van der Waals surface area contributed by atoms with Gasteiger partial charge in [0.25, 0.3) is 5.91 Å². The van der Waals surface area contributed by atoms with E-state index in [1.54, 1.807) is 15.8 Å². The number of benzene rings is 1. The molecule has 4 rings (SSSR count). The van der Waals surface area contributed by atoms with Crippen molar-refractivity contribution in [3.63, 3.8) is 0 Å². The van der Waals surface area contributed by atoms with Crippen LogP contribution in [0.4, 0.5) is 0 Å². The second-order valence-corrected chi connectivity index (χ2v) is 6.77. The predicted octanol–water partition coefficient (Wildman–Crippen LogP) is 3.00. The van der Waals surface area contributed by atoms with Gasteiger partial charge in [0.05, 0.1) is 16.9 Å². The lowest BCUT2D eigenvalue weighted by Gasteiger charge is -2.29. The Kier molecular flexibility index (Phi) is 3.95. The number of nitrogens with zero attached hydrogens (tertiary/aromatic N) is 5. The highest BCUT2D eigenvalue weighted by molar-refractivity contribution is 5.93. The summed E-state index contributed by atoms with van der Waals surface area (Å²) in [5.41, 5.74) is 2.95. The second-order valence-electron chi connectivity index (χ2n) is 6.77. The van der Waals surface area contributed by atoms with Crippen molar-refractivity contribution in [1.29, 1.82) is 0 Å². The van der Waals surface area contributed by atoms with Crippen LogP contribution in [0.3, 0.4) is 0 Å². The molecule has 1 aliphatic carbocycles. The fourth-order valence-electron chi connectivity index (χ4n) is 3.35. The second kappa shape index (κ2) is 6.27. The zero-order valence-electron chi connectivity index (χ0n) is 14.5. The Bertz CT molecular complexity index is 923. The van der Waals surface area contributed by atoms with E-state index in [-0.39, 0.29) is 5.91 Å². The first-order valence-corrected chi connectivity index (χ1v) is 8.67. The summed E-state index contributed by atoms with van der Waals surface area (Å²) in [6.45, 7) is 2.68. The quantitative estimate of drug-likeness (QED) is 0.735. The number of fused-ring (bicyclic) bond motifs is 1. The maximum atomic E-state index is 12.7. The lowest BCUT2D eigenvalue weighted by atomic mass is 9.85. The van der Waals surface area contributed by atoms with Crippen LogP contribution in [0.5, 0.6) is 0 Å². The molecule has 1 amide bonds. The Hall–Kier alpha value is -2.76. The molecule has 6 nitrogen and oxygen atoms in total. The maximum absolute atomic E-state index is 12.7. The van der Waals surface area contributed by atoms with Gasteiger partial charge in [0.15, 0.2) is 5.69 Å². The third-order valence-corrected chi connectivity index (χ3v) is 5.05. The van der Waals surface area contributed by atoms with Gasteiger partial charge >= 0.3 is 0 Å². The zero-order chi connectivity index (χ0) is 17.4. The van der Waals surface area contributed by atoms with Gasteiger partial charge in [0, 0.05) is 25.2 Å². The highest BCUT2D eigenvalue weighted by Gasteiger charge is 2.25. The summed E-state index contributed by atoms with van der Waals surface area (Å²) in [6, 6.07) is 9.77. The highest BCUT2D eigenvalue weighted by atomic mass is 16.2. The highest BCUT2D eigenvalue weighted by Crippen LogP contribution is 2.27. The van der Waals surface area contributed by atoms with Gasteiger partial charge in [0.1, 0.15) is 0 Å². The van der Waals surface area contributed by atoms with Gasteiger partial charge in [-0.15, -0.1) is 5.10 Å². The van der Waals surface area contributed by atoms with Crippen molar-refractivity contribution in [3.8, 4) is 5.69 Å². The van der Waals surface area contributed by atoms with Crippen molar-refractivity contribution in [2.45, 2.75) is 26.2 Å². The Balaban J connectivity index is 1.67. The van der Waals surface area contributed by atoms with Crippen LogP contribution in [-0.2, 0) is 0 Å². The average Bonchev–Trinajstić information content (AvgIpc) is 2.98. The summed E-state index contributed by atoms with van der Waals surface area (Å²) < 4.78 is 1.73. The molecule has 0 bridgehead atoms. The molecule has 0 spiro atoms. The van der Waals surface area contributed by atoms with E-state index in [2.05, 4.69) is 15.3 Å². The first kappa shape index (κ1) is 15.7. The molecule has 2 heterocycles. The molecule has 3 aromatic rings. The molecule has 1 saturated carbocycles. The van der Waals surface area contributed by atoms with Crippen LogP contribution in [0.2, 0.25) is 0 Å². The molecule has 0 unspecified atom stereocenters. The van der Waals surface area contributed by atoms with Crippen LogP contribution in [0.25, 0.3) is 16.6 Å². The van der Waals surface area contributed by atoms with Crippen molar-refractivity contribution in [2.24, 2.45) is 5.92 Å². The molecular formula is C19H21N5O. The van der Waals surface area contributed by atoms with E-state index in [1.165, 1.54) is 19.3 Å². The fraction of sp³-hybridized carbons (Fsp3) is 0.368. The van der Waals surface area contributed by atoms with Gasteiger partial charge in [-0.05, 0) is 49.9 Å². The maximum Gasteiger partial charge on any atom is 0.276 e. The van der Waals surface area contributed by atoms with Crippen LogP contribution in [0, 0.1) is 12.8 Å². The van der Waals surface area contributed by atoms with Crippen LogP contribution in [0.1, 0.15) is 35.4 Å². The molecule has 128 valence electrons. The SMILES string of the molecule is Cc1c(C(=O)N(C)CC2CCC2)nnn1-c1cccc2ncccc12. The Morgan fingerprint density at radius 2 is 2.12 bits per heavy atom. The summed E-state index contributed by atoms with van der Waals surface area (Å²) in [4.78, 5) is 18.9. The molecule has 0 N–H and O–H groups in total. The van der Waals surface area contributed by atoms with Crippen LogP contribution in [-0.4, -0.2) is 44.4 Å².